The second kappa shape index (κ2) is 4.03. The zero-order valence-electron chi connectivity index (χ0n) is 8.90. The fourth-order valence-electron chi connectivity index (χ4n) is 1.56. The van der Waals surface area contributed by atoms with Crippen LogP contribution in [0, 0.1) is 4.77 Å². The lowest BCUT2D eigenvalue weighted by molar-refractivity contribution is 0.592. The summed E-state index contributed by atoms with van der Waals surface area (Å²) in [6.07, 6.45) is 2.07. The van der Waals surface area contributed by atoms with Crippen LogP contribution in [0.2, 0.25) is 0 Å². The van der Waals surface area contributed by atoms with E-state index < -0.39 is 0 Å². The van der Waals surface area contributed by atoms with E-state index in [1.165, 1.54) is 5.56 Å². The minimum Gasteiger partial charge on any atom is -0.331 e. The third-order valence-corrected chi connectivity index (χ3v) is 2.70. The van der Waals surface area contributed by atoms with Gasteiger partial charge in [0.25, 0.3) is 0 Å². The van der Waals surface area contributed by atoms with E-state index in [9.17, 15) is 0 Å². The Labute approximate surface area is 94.6 Å². The third-order valence-electron chi connectivity index (χ3n) is 2.39. The molecular formula is C12H14N2S. The van der Waals surface area contributed by atoms with Crippen LogP contribution in [0.5, 0.6) is 0 Å². The molecule has 0 aliphatic rings. The summed E-state index contributed by atoms with van der Waals surface area (Å²) in [5, 5.41) is 0. The molecule has 0 unspecified atom stereocenters. The predicted molar refractivity (Wildman–Crippen MR) is 65.4 cm³/mol. The Bertz CT molecular complexity index is 494. The number of imidazole rings is 1. The van der Waals surface area contributed by atoms with Gasteiger partial charge in [-0.3, -0.25) is 0 Å². The van der Waals surface area contributed by atoms with Crippen molar-refractivity contribution in [2.45, 2.75) is 19.9 Å². The van der Waals surface area contributed by atoms with Gasteiger partial charge in [0.2, 0.25) is 0 Å². The fourth-order valence-corrected chi connectivity index (χ4v) is 1.93. The number of aromatic amines is 1. The summed E-state index contributed by atoms with van der Waals surface area (Å²) in [4.78, 5) is 3.22. The molecule has 0 amide bonds. The van der Waals surface area contributed by atoms with Crippen molar-refractivity contribution >= 4 is 12.2 Å². The summed E-state index contributed by atoms with van der Waals surface area (Å²) >= 11 is 5.26. The lowest BCUT2D eigenvalue weighted by Gasteiger charge is -2.04. The average Bonchev–Trinajstić information content (AvgIpc) is 2.62. The van der Waals surface area contributed by atoms with E-state index in [1.54, 1.807) is 0 Å². The molecule has 1 heterocycles. The molecular weight excluding hydrogens is 204 g/mol. The number of H-pyrrole nitrogens is 1. The lowest BCUT2D eigenvalue weighted by Crippen LogP contribution is -1.97. The molecule has 2 nitrogen and oxygen atoms in total. The monoisotopic (exact) mass is 218 g/mol. The number of hydrogen-bond acceptors (Lipinski definition) is 1. The van der Waals surface area contributed by atoms with Crippen LogP contribution in [-0.2, 0) is 0 Å². The summed E-state index contributed by atoms with van der Waals surface area (Å²) in [5.41, 5.74) is 2.25. The third kappa shape index (κ3) is 2.02. The minimum absolute atomic E-state index is 0.395. The highest BCUT2D eigenvalue weighted by molar-refractivity contribution is 7.71. The number of aromatic nitrogens is 2. The fraction of sp³-hybridized carbons (Fsp3) is 0.250. The molecule has 1 aromatic heterocycles. The molecule has 1 N–H and O–H groups in total. The van der Waals surface area contributed by atoms with Crippen molar-refractivity contribution in [2.75, 3.05) is 0 Å². The maximum absolute atomic E-state index is 5.26. The number of nitrogens with zero attached hydrogens (tertiary/aromatic N) is 1. The SMILES string of the molecule is CC(C)n1cc(-c2ccccc2)[nH]c1=S. The van der Waals surface area contributed by atoms with Gasteiger partial charge in [-0.05, 0) is 31.6 Å². The first-order valence-corrected chi connectivity index (χ1v) is 5.46. The molecule has 2 rings (SSSR count). The molecule has 0 saturated heterocycles. The standard InChI is InChI=1S/C12H14N2S/c1-9(2)14-8-11(13-12(14)15)10-6-4-3-5-7-10/h3-9H,1-2H3,(H,13,15). The molecule has 0 fully saturated rings. The van der Waals surface area contributed by atoms with E-state index in [0.29, 0.717) is 6.04 Å². The van der Waals surface area contributed by atoms with Crippen LogP contribution >= 0.6 is 12.2 Å². The Kier molecular flexibility index (Phi) is 2.73. The van der Waals surface area contributed by atoms with Gasteiger partial charge in [0.15, 0.2) is 4.77 Å². The van der Waals surface area contributed by atoms with Gasteiger partial charge in [-0.2, -0.15) is 0 Å². The van der Waals surface area contributed by atoms with Crippen LogP contribution in [0.3, 0.4) is 0 Å². The second-order valence-electron chi connectivity index (χ2n) is 3.84. The topological polar surface area (TPSA) is 20.7 Å². The van der Waals surface area contributed by atoms with Gasteiger partial charge in [0.05, 0.1) is 5.69 Å². The maximum Gasteiger partial charge on any atom is 0.177 e. The van der Waals surface area contributed by atoms with E-state index in [0.717, 1.165) is 10.5 Å². The molecule has 0 radical (unpaired) electrons. The van der Waals surface area contributed by atoms with E-state index in [1.807, 2.05) is 18.2 Å². The van der Waals surface area contributed by atoms with Gasteiger partial charge >= 0.3 is 0 Å². The van der Waals surface area contributed by atoms with Crippen LogP contribution in [-0.4, -0.2) is 9.55 Å². The van der Waals surface area contributed by atoms with E-state index in [2.05, 4.69) is 41.7 Å². The summed E-state index contributed by atoms with van der Waals surface area (Å²) in [7, 11) is 0. The second-order valence-corrected chi connectivity index (χ2v) is 4.23. The summed E-state index contributed by atoms with van der Waals surface area (Å²) in [6.45, 7) is 4.25. The highest BCUT2D eigenvalue weighted by Gasteiger charge is 2.04. The van der Waals surface area contributed by atoms with Gasteiger partial charge in [0, 0.05) is 12.2 Å². The molecule has 2 aromatic rings. The van der Waals surface area contributed by atoms with Crippen molar-refractivity contribution in [3.8, 4) is 11.3 Å². The zero-order chi connectivity index (χ0) is 10.8. The molecule has 3 heteroatoms. The summed E-state index contributed by atoms with van der Waals surface area (Å²) in [6, 6.07) is 10.6. The molecule has 15 heavy (non-hydrogen) atoms. The molecule has 1 aromatic carbocycles. The van der Waals surface area contributed by atoms with Crippen molar-refractivity contribution in [1.82, 2.24) is 9.55 Å². The largest absolute Gasteiger partial charge is 0.331 e. The van der Waals surface area contributed by atoms with Crippen molar-refractivity contribution in [1.29, 1.82) is 0 Å². The van der Waals surface area contributed by atoms with Gasteiger partial charge < -0.3 is 9.55 Å². The van der Waals surface area contributed by atoms with Gasteiger partial charge in [0.1, 0.15) is 0 Å². The van der Waals surface area contributed by atoms with Crippen LogP contribution in [0.15, 0.2) is 36.5 Å². The van der Waals surface area contributed by atoms with Gasteiger partial charge in [-0.15, -0.1) is 0 Å². The zero-order valence-corrected chi connectivity index (χ0v) is 9.71. The van der Waals surface area contributed by atoms with E-state index in [-0.39, 0.29) is 0 Å². The van der Waals surface area contributed by atoms with Crippen LogP contribution < -0.4 is 0 Å². The predicted octanol–water partition coefficient (Wildman–Crippen LogP) is 3.79. The molecule has 0 atom stereocenters. The van der Waals surface area contributed by atoms with E-state index >= 15 is 0 Å². The number of benzene rings is 1. The Morgan fingerprint density at radius 3 is 2.40 bits per heavy atom. The maximum atomic E-state index is 5.26. The highest BCUT2D eigenvalue weighted by atomic mass is 32.1. The van der Waals surface area contributed by atoms with Crippen LogP contribution in [0.25, 0.3) is 11.3 Å². The first-order chi connectivity index (χ1) is 7.18. The highest BCUT2D eigenvalue weighted by Crippen LogP contribution is 2.18. The Morgan fingerprint density at radius 1 is 1.20 bits per heavy atom. The van der Waals surface area contributed by atoms with Crippen molar-refractivity contribution in [2.24, 2.45) is 0 Å². The summed E-state index contributed by atoms with van der Waals surface area (Å²) < 4.78 is 2.85. The first-order valence-electron chi connectivity index (χ1n) is 5.05. The molecule has 0 aliphatic carbocycles. The Hall–Kier alpha value is -1.35. The molecule has 0 spiro atoms. The Morgan fingerprint density at radius 2 is 1.87 bits per heavy atom. The number of rotatable bonds is 2. The molecule has 0 aliphatic heterocycles. The average molecular weight is 218 g/mol. The quantitative estimate of drug-likeness (QED) is 0.760. The molecule has 0 bridgehead atoms. The normalized spacial score (nSPS) is 10.9. The minimum atomic E-state index is 0.395. The van der Waals surface area contributed by atoms with Crippen molar-refractivity contribution < 1.29 is 0 Å². The lowest BCUT2D eigenvalue weighted by atomic mass is 10.2. The smallest absolute Gasteiger partial charge is 0.177 e. The van der Waals surface area contributed by atoms with Crippen LogP contribution in [0.4, 0.5) is 0 Å². The van der Waals surface area contributed by atoms with Crippen LogP contribution in [0.1, 0.15) is 19.9 Å². The van der Waals surface area contributed by atoms with E-state index in [4.69, 9.17) is 12.2 Å². The number of nitrogens with one attached hydrogen (secondary N) is 1. The van der Waals surface area contributed by atoms with Gasteiger partial charge in [-0.25, -0.2) is 0 Å². The van der Waals surface area contributed by atoms with Gasteiger partial charge in [-0.1, -0.05) is 30.3 Å². The van der Waals surface area contributed by atoms with Crippen molar-refractivity contribution in [3.05, 3.63) is 41.3 Å². The first kappa shape index (κ1) is 10.2. The van der Waals surface area contributed by atoms with Crippen molar-refractivity contribution in [3.63, 3.8) is 0 Å². The molecule has 0 saturated carbocycles. The summed E-state index contributed by atoms with van der Waals surface area (Å²) in [5.74, 6) is 0. The number of hydrogen-bond donors (Lipinski definition) is 1. The molecule has 78 valence electrons. The Balaban J connectivity index is 2.48.